The molecule has 2 heterocycles. The highest BCUT2D eigenvalue weighted by molar-refractivity contribution is 14.0. The van der Waals surface area contributed by atoms with Gasteiger partial charge in [0.1, 0.15) is 12.3 Å². The van der Waals surface area contributed by atoms with Crippen molar-refractivity contribution in [2.75, 3.05) is 40.3 Å². The maximum absolute atomic E-state index is 12.0. The van der Waals surface area contributed by atoms with Crippen LogP contribution in [-0.4, -0.2) is 68.0 Å². The number of halogens is 1. The molecule has 1 aromatic rings. The van der Waals surface area contributed by atoms with E-state index in [1.54, 1.807) is 25.3 Å². The molecule has 1 aliphatic heterocycles. The number of piperidine rings is 1. The van der Waals surface area contributed by atoms with E-state index in [0.717, 1.165) is 37.7 Å². The summed E-state index contributed by atoms with van der Waals surface area (Å²) >= 11 is 0. The first kappa shape index (κ1) is 24.0. The molecule has 1 saturated carbocycles. The van der Waals surface area contributed by atoms with E-state index >= 15 is 0 Å². The highest BCUT2D eigenvalue weighted by Gasteiger charge is 2.25. The van der Waals surface area contributed by atoms with E-state index in [4.69, 9.17) is 4.42 Å². The van der Waals surface area contributed by atoms with Crippen LogP contribution >= 0.6 is 24.0 Å². The molecule has 1 saturated heterocycles. The number of hydrogen-bond donors (Lipinski definition) is 2. The van der Waals surface area contributed by atoms with Gasteiger partial charge in [-0.1, -0.05) is 19.3 Å². The van der Waals surface area contributed by atoms with E-state index in [9.17, 15) is 4.79 Å². The monoisotopic (exact) mass is 517 g/mol. The molecule has 3 rings (SSSR count). The van der Waals surface area contributed by atoms with Crippen molar-refractivity contribution >= 4 is 35.8 Å². The standard InChI is InChI=1S/C21H35N5O2.HI/c1-25(2)20(27)16-23-21(24-17-9-4-5-10-17)22-15-18(19-11-8-14-28-19)26-12-6-3-7-13-26;/h8,11,14,17-18H,3-7,9-10,12-13,15-16H2,1-2H3,(H2,22,23,24);1H. The first-order chi connectivity index (χ1) is 13.6. The fraction of sp³-hybridized carbons (Fsp3) is 0.714. The summed E-state index contributed by atoms with van der Waals surface area (Å²) in [6, 6.07) is 4.62. The average molecular weight is 517 g/mol. The van der Waals surface area contributed by atoms with Crippen LogP contribution in [0.3, 0.4) is 0 Å². The average Bonchev–Trinajstić information content (AvgIpc) is 3.41. The molecule has 1 unspecified atom stereocenters. The minimum Gasteiger partial charge on any atom is -0.468 e. The Bertz CT molecular complexity index is 623. The maximum atomic E-state index is 12.0. The second kappa shape index (κ2) is 12.4. The van der Waals surface area contributed by atoms with Gasteiger partial charge < -0.3 is 20.0 Å². The Morgan fingerprint density at radius 1 is 1.24 bits per heavy atom. The summed E-state index contributed by atoms with van der Waals surface area (Å²) in [5, 5.41) is 7.03. The van der Waals surface area contributed by atoms with Crippen LogP contribution in [0, 0.1) is 0 Å². The number of hydrogen-bond acceptors (Lipinski definition) is 4. The molecule has 7 nitrogen and oxygen atoms in total. The SMILES string of the molecule is CN(C)C(=O)CN=C(NCC(c1ccco1)N1CCCCC1)NC1CCCC1.I. The van der Waals surface area contributed by atoms with Crippen LogP contribution in [0.4, 0.5) is 0 Å². The van der Waals surface area contributed by atoms with Crippen LogP contribution in [0.2, 0.25) is 0 Å². The number of nitrogens with one attached hydrogen (secondary N) is 2. The molecule has 0 spiro atoms. The van der Waals surface area contributed by atoms with Crippen LogP contribution in [0.15, 0.2) is 27.8 Å². The zero-order valence-electron chi connectivity index (χ0n) is 17.7. The number of aliphatic imine (C=N–C) groups is 1. The van der Waals surface area contributed by atoms with Crippen LogP contribution in [0.1, 0.15) is 56.7 Å². The number of furan rings is 1. The van der Waals surface area contributed by atoms with E-state index in [1.165, 1.54) is 32.1 Å². The molecule has 0 bridgehead atoms. The maximum Gasteiger partial charge on any atom is 0.243 e. The summed E-state index contributed by atoms with van der Waals surface area (Å²) in [4.78, 5) is 20.6. The van der Waals surface area contributed by atoms with E-state index in [1.807, 2.05) is 6.07 Å². The summed E-state index contributed by atoms with van der Waals surface area (Å²) in [5.74, 6) is 1.72. The number of guanidine groups is 1. The lowest BCUT2D eigenvalue weighted by Crippen LogP contribution is -2.47. The number of likely N-dealkylation sites (tertiary alicyclic amines) is 1. The lowest BCUT2D eigenvalue weighted by molar-refractivity contribution is -0.127. The van der Waals surface area contributed by atoms with Gasteiger partial charge in [-0.25, -0.2) is 4.99 Å². The highest BCUT2D eigenvalue weighted by Crippen LogP contribution is 2.24. The van der Waals surface area contributed by atoms with Crippen molar-refractivity contribution in [2.45, 2.75) is 57.0 Å². The summed E-state index contributed by atoms with van der Waals surface area (Å²) in [6.07, 6.45) is 10.3. The lowest BCUT2D eigenvalue weighted by Gasteiger charge is -2.34. The predicted octanol–water partition coefficient (Wildman–Crippen LogP) is 2.99. The molecule has 1 atom stereocenters. The molecule has 164 valence electrons. The fourth-order valence-electron chi connectivity index (χ4n) is 4.02. The Morgan fingerprint density at radius 3 is 2.59 bits per heavy atom. The van der Waals surface area contributed by atoms with Gasteiger partial charge >= 0.3 is 0 Å². The predicted molar refractivity (Wildman–Crippen MR) is 127 cm³/mol. The molecule has 1 aliphatic carbocycles. The van der Waals surface area contributed by atoms with Gasteiger partial charge in [0, 0.05) is 26.7 Å². The zero-order chi connectivity index (χ0) is 19.8. The van der Waals surface area contributed by atoms with Crippen molar-refractivity contribution in [3.8, 4) is 0 Å². The molecule has 1 aromatic heterocycles. The Balaban J connectivity index is 0.00000300. The minimum atomic E-state index is 0. The third-order valence-corrected chi connectivity index (χ3v) is 5.73. The van der Waals surface area contributed by atoms with Gasteiger partial charge in [-0.3, -0.25) is 9.69 Å². The normalized spacial score (nSPS) is 19.4. The number of rotatable bonds is 7. The Kier molecular flexibility index (Phi) is 10.3. The molecule has 0 aromatic carbocycles. The van der Waals surface area contributed by atoms with E-state index in [0.29, 0.717) is 12.6 Å². The van der Waals surface area contributed by atoms with Gasteiger partial charge in [-0.15, -0.1) is 24.0 Å². The first-order valence-corrected chi connectivity index (χ1v) is 10.7. The van der Waals surface area contributed by atoms with Crippen molar-refractivity contribution in [3.63, 3.8) is 0 Å². The molecular formula is C21H36IN5O2. The number of likely N-dealkylation sites (N-methyl/N-ethyl adjacent to an activating group) is 1. The number of amides is 1. The Hall–Kier alpha value is -1.29. The molecule has 2 aliphatic rings. The number of carbonyl (C=O) groups is 1. The number of nitrogens with zero attached hydrogens (tertiary/aromatic N) is 3. The summed E-state index contributed by atoms with van der Waals surface area (Å²) in [7, 11) is 3.53. The molecular weight excluding hydrogens is 481 g/mol. The quantitative estimate of drug-likeness (QED) is 0.331. The van der Waals surface area contributed by atoms with Gasteiger partial charge in [0.2, 0.25) is 5.91 Å². The molecule has 8 heteroatoms. The molecule has 0 radical (unpaired) electrons. The van der Waals surface area contributed by atoms with Gasteiger partial charge in [-0.05, 0) is 50.9 Å². The molecule has 2 fully saturated rings. The Labute approximate surface area is 191 Å². The van der Waals surface area contributed by atoms with Gasteiger partial charge in [0.25, 0.3) is 0 Å². The summed E-state index contributed by atoms with van der Waals surface area (Å²) in [5.41, 5.74) is 0. The zero-order valence-corrected chi connectivity index (χ0v) is 20.1. The Morgan fingerprint density at radius 2 is 1.97 bits per heavy atom. The van der Waals surface area contributed by atoms with Crippen LogP contribution in [-0.2, 0) is 4.79 Å². The van der Waals surface area contributed by atoms with Crippen LogP contribution < -0.4 is 10.6 Å². The molecule has 1 amide bonds. The fourth-order valence-corrected chi connectivity index (χ4v) is 4.02. The first-order valence-electron chi connectivity index (χ1n) is 10.7. The van der Waals surface area contributed by atoms with Gasteiger partial charge in [0.05, 0.1) is 12.3 Å². The molecule has 29 heavy (non-hydrogen) atoms. The molecule has 2 N–H and O–H groups in total. The van der Waals surface area contributed by atoms with Crippen molar-refractivity contribution in [3.05, 3.63) is 24.2 Å². The lowest BCUT2D eigenvalue weighted by atomic mass is 10.1. The third-order valence-electron chi connectivity index (χ3n) is 5.73. The van der Waals surface area contributed by atoms with Crippen molar-refractivity contribution < 1.29 is 9.21 Å². The smallest absolute Gasteiger partial charge is 0.243 e. The van der Waals surface area contributed by atoms with E-state index in [-0.39, 0.29) is 42.5 Å². The topological polar surface area (TPSA) is 73.1 Å². The van der Waals surface area contributed by atoms with Crippen LogP contribution in [0.25, 0.3) is 0 Å². The van der Waals surface area contributed by atoms with Crippen LogP contribution in [0.5, 0.6) is 0 Å². The van der Waals surface area contributed by atoms with Gasteiger partial charge in [-0.2, -0.15) is 0 Å². The largest absolute Gasteiger partial charge is 0.468 e. The summed E-state index contributed by atoms with van der Waals surface area (Å²) < 4.78 is 5.74. The number of carbonyl (C=O) groups excluding carboxylic acids is 1. The van der Waals surface area contributed by atoms with Crippen molar-refractivity contribution in [1.82, 2.24) is 20.4 Å². The second-order valence-corrected chi connectivity index (χ2v) is 8.09. The summed E-state index contributed by atoms with van der Waals surface area (Å²) in [6.45, 7) is 3.05. The second-order valence-electron chi connectivity index (χ2n) is 8.09. The third kappa shape index (κ3) is 7.47. The minimum absolute atomic E-state index is 0. The van der Waals surface area contributed by atoms with E-state index < -0.39 is 0 Å². The van der Waals surface area contributed by atoms with Crippen molar-refractivity contribution in [1.29, 1.82) is 0 Å². The van der Waals surface area contributed by atoms with Gasteiger partial charge in [0.15, 0.2) is 5.96 Å². The highest BCUT2D eigenvalue weighted by atomic mass is 127. The van der Waals surface area contributed by atoms with E-state index in [2.05, 4.69) is 26.6 Å². The van der Waals surface area contributed by atoms with Crippen molar-refractivity contribution in [2.24, 2.45) is 4.99 Å².